The molecule has 0 saturated carbocycles. The molecule has 0 aliphatic rings. The fraction of sp³-hybridized carbons (Fsp3) is 0.632. The van der Waals surface area contributed by atoms with E-state index in [1.807, 2.05) is 13.8 Å². The Labute approximate surface area is 156 Å². The van der Waals surface area contributed by atoms with Crippen LogP contribution in [0.2, 0.25) is 0 Å². The van der Waals surface area contributed by atoms with Gasteiger partial charge < -0.3 is 25.0 Å². The van der Waals surface area contributed by atoms with Crippen LogP contribution in [-0.2, 0) is 4.74 Å². The lowest BCUT2D eigenvalue weighted by atomic mass is 10.3. The summed E-state index contributed by atoms with van der Waals surface area (Å²) in [5.74, 6) is 0.637. The third kappa shape index (κ3) is 9.58. The van der Waals surface area contributed by atoms with E-state index >= 15 is 0 Å². The third-order valence-corrected chi connectivity index (χ3v) is 3.69. The molecule has 1 rings (SSSR count). The minimum absolute atomic E-state index is 0.223. The summed E-state index contributed by atoms with van der Waals surface area (Å²) in [6.07, 6.45) is 0.797. The van der Waals surface area contributed by atoms with Crippen molar-refractivity contribution in [3.63, 3.8) is 0 Å². The lowest BCUT2D eigenvalue weighted by molar-refractivity contribution is 0.180. The molecule has 0 saturated heterocycles. The van der Waals surface area contributed by atoms with Crippen LogP contribution < -0.4 is 15.4 Å². The number of hydrogen-bond donors (Lipinski definition) is 2. The molecule has 1 aromatic carbocycles. The number of nitrogens with zero attached hydrogens (tertiary/aromatic N) is 2. The topological polar surface area (TPSA) is 58.1 Å². The predicted octanol–water partition coefficient (Wildman–Crippen LogP) is 2.12. The van der Waals surface area contributed by atoms with E-state index in [4.69, 9.17) is 9.47 Å². The van der Waals surface area contributed by atoms with Gasteiger partial charge in [-0.3, -0.25) is 0 Å². The van der Waals surface area contributed by atoms with Crippen molar-refractivity contribution in [2.24, 2.45) is 4.99 Å². The van der Waals surface area contributed by atoms with Gasteiger partial charge in [0.25, 0.3) is 0 Å². The molecule has 1 atom stereocenters. The van der Waals surface area contributed by atoms with Crippen LogP contribution in [-0.4, -0.2) is 70.5 Å². The molecule has 6 nitrogen and oxygen atoms in total. The summed E-state index contributed by atoms with van der Waals surface area (Å²) >= 11 is 0. The van der Waals surface area contributed by atoms with Gasteiger partial charge in [0, 0.05) is 39.9 Å². The summed E-state index contributed by atoms with van der Waals surface area (Å²) in [5.41, 5.74) is 0. The maximum Gasteiger partial charge on any atom is 0.191 e. The van der Waals surface area contributed by atoms with E-state index in [0.29, 0.717) is 6.54 Å². The molecule has 0 heterocycles. The number of likely N-dealkylation sites (N-methyl/N-ethyl adjacent to an activating group) is 1. The molecule has 1 unspecified atom stereocenters. The third-order valence-electron chi connectivity index (χ3n) is 3.69. The van der Waals surface area contributed by atoms with E-state index in [2.05, 4.69) is 27.6 Å². The lowest BCUT2D eigenvalue weighted by Gasteiger charge is -2.18. The van der Waals surface area contributed by atoms with Gasteiger partial charge in [-0.25, -0.2) is 9.38 Å². The number of rotatable bonds is 12. The molecule has 1 aromatic rings. The maximum atomic E-state index is 13.6. The van der Waals surface area contributed by atoms with Gasteiger partial charge in [0.1, 0.15) is 6.10 Å². The first-order valence-electron chi connectivity index (χ1n) is 9.17. The van der Waals surface area contributed by atoms with Crippen molar-refractivity contribution in [1.82, 2.24) is 15.5 Å². The Morgan fingerprint density at radius 2 is 2.04 bits per heavy atom. The van der Waals surface area contributed by atoms with Gasteiger partial charge in [0.2, 0.25) is 0 Å². The molecule has 0 aliphatic carbocycles. The van der Waals surface area contributed by atoms with E-state index in [9.17, 15) is 4.39 Å². The number of benzene rings is 1. The zero-order valence-electron chi connectivity index (χ0n) is 16.4. The maximum absolute atomic E-state index is 13.6. The summed E-state index contributed by atoms with van der Waals surface area (Å²) in [5, 5.41) is 6.52. The molecule has 26 heavy (non-hydrogen) atoms. The van der Waals surface area contributed by atoms with Crippen LogP contribution in [0.5, 0.6) is 5.75 Å². The summed E-state index contributed by atoms with van der Waals surface area (Å²) in [7, 11) is 3.81. The fourth-order valence-corrected chi connectivity index (χ4v) is 2.31. The minimum atomic E-state index is -0.357. The lowest BCUT2D eigenvalue weighted by Crippen LogP contribution is -2.41. The van der Waals surface area contributed by atoms with Gasteiger partial charge in [-0.1, -0.05) is 12.1 Å². The van der Waals surface area contributed by atoms with Crippen molar-refractivity contribution < 1.29 is 13.9 Å². The van der Waals surface area contributed by atoms with Crippen LogP contribution in [0.3, 0.4) is 0 Å². The highest BCUT2D eigenvalue weighted by atomic mass is 19.1. The van der Waals surface area contributed by atoms with Crippen LogP contribution in [0.1, 0.15) is 20.3 Å². The molecule has 148 valence electrons. The molecule has 0 radical (unpaired) electrons. The molecule has 0 aromatic heterocycles. The largest absolute Gasteiger partial charge is 0.486 e. The van der Waals surface area contributed by atoms with Crippen LogP contribution in [0.4, 0.5) is 4.39 Å². The molecular weight excluding hydrogens is 335 g/mol. The van der Waals surface area contributed by atoms with Gasteiger partial charge in [0.05, 0.1) is 6.54 Å². The molecule has 0 fully saturated rings. The highest BCUT2D eigenvalue weighted by Crippen LogP contribution is 2.16. The van der Waals surface area contributed by atoms with E-state index in [-0.39, 0.29) is 17.7 Å². The van der Waals surface area contributed by atoms with Crippen molar-refractivity contribution in [1.29, 1.82) is 0 Å². The van der Waals surface area contributed by atoms with Gasteiger partial charge >= 0.3 is 0 Å². The Kier molecular flexibility index (Phi) is 11.4. The highest BCUT2D eigenvalue weighted by molar-refractivity contribution is 5.79. The standard InChI is InChI=1S/C19H33FN4O2/c1-5-21-19(22-11-13-24(3)12-8-14-25-4)23-15-16(2)26-18-10-7-6-9-17(18)20/h6-7,9-10,16H,5,8,11-15H2,1-4H3,(H2,21,22,23). The quantitative estimate of drug-likeness (QED) is 0.336. The van der Waals surface area contributed by atoms with Crippen LogP contribution in [0, 0.1) is 5.82 Å². The average Bonchev–Trinajstić information content (AvgIpc) is 2.62. The number of halogens is 1. The summed E-state index contributed by atoms with van der Waals surface area (Å²) in [4.78, 5) is 6.77. The van der Waals surface area contributed by atoms with Gasteiger partial charge in [-0.2, -0.15) is 0 Å². The van der Waals surface area contributed by atoms with Crippen LogP contribution >= 0.6 is 0 Å². The smallest absolute Gasteiger partial charge is 0.191 e. The molecule has 0 spiro atoms. The number of hydrogen-bond acceptors (Lipinski definition) is 4. The molecule has 2 N–H and O–H groups in total. The normalized spacial score (nSPS) is 12.9. The number of guanidine groups is 1. The number of nitrogens with one attached hydrogen (secondary N) is 2. The van der Waals surface area contributed by atoms with Crippen molar-refractivity contribution >= 4 is 5.96 Å². The molecule has 7 heteroatoms. The Morgan fingerprint density at radius 3 is 2.73 bits per heavy atom. The van der Waals surface area contributed by atoms with Gasteiger partial charge in [0.15, 0.2) is 17.5 Å². The molecular formula is C19H33FN4O2. The first-order chi connectivity index (χ1) is 12.6. The first-order valence-corrected chi connectivity index (χ1v) is 9.17. The second-order valence-corrected chi connectivity index (χ2v) is 6.15. The SMILES string of the molecule is CCNC(=NCC(C)Oc1ccccc1F)NCCN(C)CCCOC. The Morgan fingerprint density at radius 1 is 1.27 bits per heavy atom. The number of ether oxygens (including phenoxy) is 2. The van der Waals surface area contributed by atoms with Crippen LogP contribution in [0.15, 0.2) is 29.3 Å². The van der Waals surface area contributed by atoms with E-state index in [1.165, 1.54) is 6.07 Å². The summed E-state index contributed by atoms with van der Waals surface area (Å²) in [6, 6.07) is 6.41. The zero-order chi connectivity index (χ0) is 19.2. The average molecular weight is 368 g/mol. The Bertz CT molecular complexity index is 528. The molecule has 0 aliphatic heterocycles. The number of aliphatic imine (C=N–C) groups is 1. The van der Waals surface area contributed by atoms with Gasteiger partial charge in [-0.15, -0.1) is 0 Å². The second-order valence-electron chi connectivity index (χ2n) is 6.15. The van der Waals surface area contributed by atoms with Crippen molar-refractivity contribution in [3.8, 4) is 5.75 Å². The second kappa shape index (κ2) is 13.4. The number of methoxy groups -OCH3 is 1. The highest BCUT2D eigenvalue weighted by Gasteiger charge is 2.08. The monoisotopic (exact) mass is 368 g/mol. The summed E-state index contributed by atoms with van der Waals surface area (Å²) in [6.45, 7) is 8.59. The fourth-order valence-electron chi connectivity index (χ4n) is 2.31. The Balaban J connectivity index is 2.38. The van der Waals surface area contributed by atoms with E-state index in [0.717, 1.165) is 45.2 Å². The predicted molar refractivity (Wildman–Crippen MR) is 104 cm³/mol. The summed E-state index contributed by atoms with van der Waals surface area (Å²) < 4.78 is 24.3. The molecule has 0 bridgehead atoms. The van der Waals surface area contributed by atoms with Crippen molar-refractivity contribution in [3.05, 3.63) is 30.1 Å². The Hall–Kier alpha value is -1.86. The minimum Gasteiger partial charge on any atom is -0.486 e. The van der Waals surface area contributed by atoms with E-state index < -0.39 is 0 Å². The van der Waals surface area contributed by atoms with Crippen LogP contribution in [0.25, 0.3) is 0 Å². The zero-order valence-corrected chi connectivity index (χ0v) is 16.4. The molecule has 0 amide bonds. The van der Waals surface area contributed by atoms with Gasteiger partial charge in [-0.05, 0) is 39.4 Å². The van der Waals surface area contributed by atoms with Crippen molar-refractivity contribution in [2.75, 3.05) is 53.5 Å². The number of para-hydroxylation sites is 1. The first kappa shape index (κ1) is 22.2. The van der Waals surface area contributed by atoms with Crippen molar-refractivity contribution in [2.45, 2.75) is 26.4 Å². The van der Waals surface area contributed by atoms with E-state index in [1.54, 1.807) is 25.3 Å².